The number of aromatic nitrogens is 3. The second-order valence-corrected chi connectivity index (χ2v) is 5.92. The second-order valence-electron chi connectivity index (χ2n) is 5.92. The lowest BCUT2D eigenvalue weighted by Crippen LogP contribution is -2.44. The molecule has 0 aromatic carbocycles. The number of carbonyl (C=O) groups is 1. The van der Waals surface area contributed by atoms with E-state index in [0.29, 0.717) is 0 Å². The van der Waals surface area contributed by atoms with Crippen LogP contribution in [0.3, 0.4) is 0 Å². The number of carbonyl (C=O) groups excluding carboxylic acids is 1. The minimum atomic E-state index is -1.74. The van der Waals surface area contributed by atoms with E-state index >= 15 is 0 Å². The number of aliphatic hydroxyl groups excluding tert-OH is 2. The topological polar surface area (TPSA) is 165 Å². The van der Waals surface area contributed by atoms with Crippen LogP contribution in [-0.4, -0.2) is 67.3 Å². The molecule has 4 atom stereocenters. The zero-order valence-corrected chi connectivity index (χ0v) is 13.6. The number of nitrogens with one attached hydrogen (secondary N) is 1. The van der Waals surface area contributed by atoms with Crippen molar-refractivity contribution in [3.05, 3.63) is 18.1 Å². The van der Waals surface area contributed by atoms with Crippen LogP contribution < -0.4 is 11.2 Å². The highest BCUT2D eigenvalue weighted by Crippen LogP contribution is 2.41. The molecular formula is C14H19N5O6. The van der Waals surface area contributed by atoms with Crippen molar-refractivity contribution < 1.29 is 29.7 Å². The number of nitrogens with zero attached hydrogens (tertiary/aromatic N) is 3. The molecule has 1 saturated heterocycles. The Kier molecular flexibility index (Phi) is 4.34. The van der Waals surface area contributed by atoms with Gasteiger partial charge in [0.25, 0.3) is 5.91 Å². The summed E-state index contributed by atoms with van der Waals surface area (Å²) >= 11 is 0. The van der Waals surface area contributed by atoms with Crippen molar-refractivity contribution in [2.45, 2.75) is 31.0 Å². The average molecular weight is 353 g/mol. The Hall–Kier alpha value is -2.31. The third-order valence-corrected chi connectivity index (χ3v) is 4.26. The van der Waals surface area contributed by atoms with E-state index in [1.807, 2.05) is 0 Å². The molecule has 136 valence electrons. The number of anilines is 1. The molecule has 0 spiro atoms. The van der Waals surface area contributed by atoms with Gasteiger partial charge in [0, 0.05) is 6.20 Å². The molecule has 2 aromatic heterocycles. The van der Waals surface area contributed by atoms with Gasteiger partial charge in [-0.15, -0.1) is 0 Å². The maximum Gasteiger partial charge on any atom is 0.251 e. The summed E-state index contributed by atoms with van der Waals surface area (Å²) in [6, 6.07) is 0. The maximum absolute atomic E-state index is 11.8. The van der Waals surface area contributed by atoms with Crippen molar-refractivity contribution in [3.63, 3.8) is 0 Å². The zero-order valence-electron chi connectivity index (χ0n) is 13.6. The number of rotatable bonds is 5. The van der Waals surface area contributed by atoms with Crippen LogP contribution in [0.15, 0.2) is 12.5 Å². The van der Waals surface area contributed by atoms with Gasteiger partial charge in [-0.3, -0.25) is 9.63 Å². The summed E-state index contributed by atoms with van der Waals surface area (Å²) < 4.78 is 6.95. The highest BCUT2D eigenvalue weighted by Gasteiger charge is 2.53. The van der Waals surface area contributed by atoms with Crippen LogP contribution in [0.1, 0.15) is 23.5 Å². The lowest BCUT2D eigenvalue weighted by Gasteiger charge is -2.27. The Labute approximate surface area is 142 Å². The maximum atomic E-state index is 11.8. The quantitative estimate of drug-likeness (QED) is 0.402. The summed E-state index contributed by atoms with van der Waals surface area (Å²) in [6.07, 6.45) is -0.855. The van der Waals surface area contributed by atoms with Gasteiger partial charge < -0.3 is 30.4 Å². The fourth-order valence-electron chi connectivity index (χ4n) is 3.01. The molecule has 11 heteroatoms. The molecule has 11 nitrogen and oxygen atoms in total. The number of aliphatic hydroxyl groups is 3. The summed E-state index contributed by atoms with van der Waals surface area (Å²) in [5, 5.41) is 30.4. The Morgan fingerprint density at radius 2 is 2.28 bits per heavy atom. The molecule has 2 aromatic rings. The molecule has 3 heterocycles. The number of fused-ring (bicyclic) bond motifs is 1. The fourth-order valence-corrected chi connectivity index (χ4v) is 3.01. The third-order valence-electron chi connectivity index (χ3n) is 4.26. The van der Waals surface area contributed by atoms with Crippen LogP contribution in [0.4, 0.5) is 5.82 Å². The Bertz CT molecular complexity index is 806. The number of hydrogen-bond acceptors (Lipinski definition) is 9. The van der Waals surface area contributed by atoms with E-state index < -0.39 is 36.6 Å². The lowest BCUT2D eigenvalue weighted by molar-refractivity contribution is -0.0948. The summed E-state index contributed by atoms with van der Waals surface area (Å²) in [4.78, 5) is 24.8. The van der Waals surface area contributed by atoms with E-state index in [2.05, 4.69) is 15.4 Å². The van der Waals surface area contributed by atoms with Gasteiger partial charge in [-0.2, -0.15) is 0 Å². The first-order valence-electron chi connectivity index (χ1n) is 7.44. The summed E-state index contributed by atoms with van der Waals surface area (Å²) in [6.45, 7) is 0.879. The van der Waals surface area contributed by atoms with Crippen LogP contribution in [0.2, 0.25) is 0 Å². The molecule has 1 aliphatic rings. The predicted molar refractivity (Wildman–Crippen MR) is 84.3 cm³/mol. The summed E-state index contributed by atoms with van der Waals surface area (Å²) in [5.41, 5.74) is 6.54. The second kappa shape index (κ2) is 6.20. The molecule has 1 amide bonds. The van der Waals surface area contributed by atoms with E-state index in [0.717, 1.165) is 0 Å². The molecule has 0 unspecified atom stereocenters. The molecule has 1 aliphatic heterocycles. The normalized spacial score (nSPS) is 29.2. The standard InChI is InChI=1S/C14H19N5O6/c1-14(23)9(21)7(4-20)25-13(14)19-3-6(10(15)22)8-11(18-24-2)16-5-17-12(8)19/h3,5,7,9,13,20-21,23H,4H2,1-2H3,(H2,15,22)(H,16,17,18)/t7-,9-,13-,14-/m1/s1. The Morgan fingerprint density at radius 1 is 1.56 bits per heavy atom. The van der Waals surface area contributed by atoms with Crippen LogP contribution >= 0.6 is 0 Å². The van der Waals surface area contributed by atoms with Gasteiger partial charge in [0.15, 0.2) is 12.0 Å². The SMILES string of the molecule is CONc1ncnc2c1c(C(N)=O)cn2[C@@H]1O[C@H](CO)[C@@H](O)[C@@]1(C)O. The van der Waals surface area contributed by atoms with E-state index in [-0.39, 0.29) is 22.4 Å². The van der Waals surface area contributed by atoms with Crippen LogP contribution in [0, 0.1) is 0 Å². The number of hydrogen-bond donors (Lipinski definition) is 5. The van der Waals surface area contributed by atoms with Gasteiger partial charge in [-0.1, -0.05) is 0 Å². The number of primary amides is 1. The average Bonchev–Trinajstić information content (AvgIpc) is 3.05. The van der Waals surface area contributed by atoms with Gasteiger partial charge in [0.1, 0.15) is 29.8 Å². The largest absolute Gasteiger partial charge is 0.394 e. The Morgan fingerprint density at radius 3 is 2.84 bits per heavy atom. The van der Waals surface area contributed by atoms with Crippen molar-refractivity contribution in [2.75, 3.05) is 19.2 Å². The van der Waals surface area contributed by atoms with Crippen molar-refractivity contribution >= 4 is 22.8 Å². The molecule has 0 saturated carbocycles. The molecular weight excluding hydrogens is 334 g/mol. The highest BCUT2D eigenvalue weighted by atomic mass is 16.6. The minimum Gasteiger partial charge on any atom is -0.394 e. The molecule has 1 fully saturated rings. The number of amides is 1. The third kappa shape index (κ3) is 2.62. The van der Waals surface area contributed by atoms with Crippen LogP contribution in [-0.2, 0) is 9.57 Å². The van der Waals surface area contributed by atoms with Gasteiger partial charge in [-0.25, -0.2) is 15.4 Å². The molecule has 3 rings (SSSR count). The van der Waals surface area contributed by atoms with E-state index in [9.17, 15) is 20.1 Å². The molecule has 0 aliphatic carbocycles. The molecule has 0 bridgehead atoms. The van der Waals surface area contributed by atoms with Gasteiger partial charge in [0.05, 0.1) is 24.7 Å². The zero-order chi connectivity index (χ0) is 18.4. The monoisotopic (exact) mass is 353 g/mol. The van der Waals surface area contributed by atoms with Gasteiger partial charge >= 0.3 is 0 Å². The van der Waals surface area contributed by atoms with Crippen LogP contribution in [0.25, 0.3) is 11.0 Å². The Balaban J connectivity index is 2.21. The first kappa shape index (κ1) is 17.5. The summed E-state index contributed by atoms with van der Waals surface area (Å²) in [5.74, 6) is -0.536. The van der Waals surface area contributed by atoms with Crippen molar-refractivity contribution in [1.29, 1.82) is 0 Å². The highest BCUT2D eigenvalue weighted by molar-refractivity contribution is 6.09. The van der Waals surface area contributed by atoms with Crippen molar-refractivity contribution in [3.8, 4) is 0 Å². The molecule has 0 radical (unpaired) electrons. The van der Waals surface area contributed by atoms with E-state index in [1.54, 1.807) is 0 Å². The smallest absolute Gasteiger partial charge is 0.251 e. The predicted octanol–water partition coefficient (Wildman–Crippen LogP) is -1.49. The summed E-state index contributed by atoms with van der Waals surface area (Å²) in [7, 11) is 1.38. The lowest BCUT2D eigenvalue weighted by atomic mass is 9.96. The van der Waals surface area contributed by atoms with E-state index in [4.69, 9.17) is 15.3 Å². The first-order chi connectivity index (χ1) is 11.8. The molecule has 6 N–H and O–H groups in total. The first-order valence-corrected chi connectivity index (χ1v) is 7.44. The van der Waals surface area contributed by atoms with Gasteiger partial charge in [0.2, 0.25) is 0 Å². The van der Waals surface area contributed by atoms with E-state index in [1.165, 1.54) is 31.1 Å². The number of nitrogens with two attached hydrogens (primary N) is 1. The van der Waals surface area contributed by atoms with Gasteiger partial charge in [-0.05, 0) is 6.92 Å². The molecule has 25 heavy (non-hydrogen) atoms. The number of ether oxygens (including phenoxy) is 1. The van der Waals surface area contributed by atoms with Crippen LogP contribution in [0.5, 0.6) is 0 Å². The van der Waals surface area contributed by atoms with Crippen molar-refractivity contribution in [2.24, 2.45) is 5.73 Å². The minimum absolute atomic E-state index is 0.0801. The van der Waals surface area contributed by atoms with Crippen molar-refractivity contribution in [1.82, 2.24) is 14.5 Å². The fraction of sp³-hybridized carbons (Fsp3) is 0.500.